The van der Waals surface area contributed by atoms with Crippen molar-refractivity contribution in [1.29, 1.82) is 0 Å². The number of hydrogen-bond donors (Lipinski definition) is 2. The topological polar surface area (TPSA) is 59.0 Å². The van der Waals surface area contributed by atoms with E-state index in [4.69, 9.17) is 0 Å². The third-order valence-electron chi connectivity index (χ3n) is 3.87. The molecule has 5 nitrogen and oxygen atoms in total. The van der Waals surface area contributed by atoms with Crippen LogP contribution in [0.2, 0.25) is 0 Å². The smallest absolute Gasteiger partial charge is 0.254 e. The van der Waals surface area contributed by atoms with Gasteiger partial charge >= 0.3 is 0 Å². The maximum Gasteiger partial charge on any atom is 0.254 e. The van der Waals surface area contributed by atoms with Crippen LogP contribution >= 0.6 is 0 Å². The fourth-order valence-electron chi connectivity index (χ4n) is 2.61. The molecule has 0 bridgehead atoms. The third kappa shape index (κ3) is 1.70. The minimum atomic E-state index is -0.785. The first kappa shape index (κ1) is 12.7. The van der Waals surface area contributed by atoms with Gasteiger partial charge in [0, 0.05) is 7.05 Å². The highest BCUT2D eigenvalue weighted by atomic mass is 16.2. The summed E-state index contributed by atoms with van der Waals surface area (Å²) in [6.07, 6.45) is 0.785. The number of amides is 1. The molecule has 0 radical (unpaired) electrons. The number of fused-ring (bicyclic) bond motifs is 1. The van der Waals surface area contributed by atoms with Gasteiger partial charge in [-0.05, 0) is 18.9 Å². The average molecular weight is 270 g/mol. The molecule has 0 saturated heterocycles. The van der Waals surface area contributed by atoms with Crippen LogP contribution in [0.5, 0.6) is 0 Å². The molecule has 20 heavy (non-hydrogen) atoms. The summed E-state index contributed by atoms with van der Waals surface area (Å²) in [5.74, 6) is 0.798. The molecule has 1 unspecified atom stereocenters. The van der Waals surface area contributed by atoms with Gasteiger partial charge in [-0.3, -0.25) is 9.48 Å². The Morgan fingerprint density at radius 1 is 1.30 bits per heavy atom. The van der Waals surface area contributed by atoms with Crippen LogP contribution in [0.15, 0.2) is 30.3 Å². The minimum Gasteiger partial charge on any atom is -0.351 e. The third-order valence-corrected chi connectivity index (χ3v) is 3.87. The van der Waals surface area contributed by atoms with Gasteiger partial charge in [-0.25, -0.2) is 0 Å². The van der Waals surface area contributed by atoms with Crippen LogP contribution < -0.4 is 10.6 Å². The second-order valence-electron chi connectivity index (χ2n) is 5.22. The van der Waals surface area contributed by atoms with Crippen LogP contribution in [0.1, 0.15) is 25.1 Å². The molecule has 1 amide bonds. The zero-order chi connectivity index (χ0) is 14.3. The van der Waals surface area contributed by atoms with Crippen molar-refractivity contribution in [3.8, 4) is 0 Å². The van der Waals surface area contributed by atoms with Crippen LogP contribution in [0.3, 0.4) is 0 Å². The molecule has 2 heterocycles. The normalized spacial score (nSPS) is 21.1. The van der Waals surface area contributed by atoms with Crippen LogP contribution in [-0.4, -0.2) is 15.7 Å². The molecular weight excluding hydrogens is 252 g/mol. The summed E-state index contributed by atoms with van der Waals surface area (Å²) in [5, 5.41) is 10.8. The Balaban J connectivity index is 2.09. The Morgan fingerprint density at radius 2 is 2.00 bits per heavy atom. The molecule has 1 aliphatic rings. The summed E-state index contributed by atoms with van der Waals surface area (Å²) >= 11 is 0. The highest BCUT2D eigenvalue weighted by molar-refractivity contribution is 6.06. The molecule has 3 rings (SSSR count). The predicted molar refractivity (Wildman–Crippen MR) is 78.6 cm³/mol. The molecule has 104 valence electrons. The van der Waals surface area contributed by atoms with Gasteiger partial charge in [0.05, 0.1) is 5.69 Å². The van der Waals surface area contributed by atoms with E-state index in [1.54, 1.807) is 4.68 Å². The van der Waals surface area contributed by atoms with E-state index in [1.165, 1.54) is 0 Å². The fraction of sp³-hybridized carbons (Fsp3) is 0.333. The number of hydrogen-bond acceptors (Lipinski definition) is 3. The van der Waals surface area contributed by atoms with Crippen LogP contribution in [0.25, 0.3) is 0 Å². The highest BCUT2D eigenvalue weighted by Gasteiger charge is 2.41. The number of anilines is 2. The lowest BCUT2D eigenvalue weighted by atomic mass is 9.89. The number of rotatable bonds is 2. The lowest BCUT2D eigenvalue weighted by Crippen LogP contribution is -2.48. The second-order valence-corrected chi connectivity index (χ2v) is 5.22. The Hall–Kier alpha value is -2.30. The first-order valence-electron chi connectivity index (χ1n) is 6.77. The van der Waals surface area contributed by atoms with E-state index in [0.29, 0.717) is 0 Å². The van der Waals surface area contributed by atoms with Crippen molar-refractivity contribution in [2.45, 2.75) is 25.8 Å². The second kappa shape index (κ2) is 4.37. The van der Waals surface area contributed by atoms with Crippen molar-refractivity contribution in [1.82, 2.24) is 9.78 Å². The van der Waals surface area contributed by atoms with Crippen LogP contribution in [0, 0.1) is 0 Å². The summed E-state index contributed by atoms with van der Waals surface area (Å²) in [4.78, 5) is 12.5. The first-order valence-corrected chi connectivity index (χ1v) is 6.77. The Bertz CT molecular complexity index is 662. The maximum absolute atomic E-state index is 12.5. The zero-order valence-electron chi connectivity index (χ0n) is 11.9. The fourth-order valence-corrected chi connectivity index (χ4v) is 2.61. The van der Waals surface area contributed by atoms with Gasteiger partial charge in [0.2, 0.25) is 0 Å². The number of carbonyl (C=O) groups excluding carboxylic acids is 1. The van der Waals surface area contributed by atoms with E-state index in [0.717, 1.165) is 29.2 Å². The van der Waals surface area contributed by atoms with Gasteiger partial charge in [0.25, 0.3) is 5.91 Å². The summed E-state index contributed by atoms with van der Waals surface area (Å²) in [7, 11) is 1.88. The van der Waals surface area contributed by atoms with E-state index in [1.807, 2.05) is 51.2 Å². The summed E-state index contributed by atoms with van der Waals surface area (Å²) in [6, 6.07) is 9.72. The molecule has 2 aromatic rings. The maximum atomic E-state index is 12.5. The van der Waals surface area contributed by atoms with Crippen molar-refractivity contribution >= 4 is 17.4 Å². The van der Waals surface area contributed by atoms with Crippen molar-refractivity contribution in [3.63, 3.8) is 0 Å². The van der Waals surface area contributed by atoms with Crippen molar-refractivity contribution in [2.24, 2.45) is 7.05 Å². The quantitative estimate of drug-likeness (QED) is 0.880. The molecule has 1 aromatic heterocycles. The molecule has 1 aliphatic heterocycles. The van der Waals surface area contributed by atoms with Gasteiger partial charge in [0.15, 0.2) is 0 Å². The lowest BCUT2D eigenvalue weighted by molar-refractivity contribution is -0.120. The summed E-state index contributed by atoms with van der Waals surface area (Å²) in [5.41, 5.74) is 1.85. The van der Waals surface area contributed by atoms with E-state index >= 15 is 0 Å². The van der Waals surface area contributed by atoms with E-state index in [-0.39, 0.29) is 5.91 Å². The van der Waals surface area contributed by atoms with Crippen molar-refractivity contribution in [2.75, 3.05) is 10.6 Å². The Kier molecular flexibility index (Phi) is 2.78. The van der Waals surface area contributed by atoms with Gasteiger partial charge in [-0.15, -0.1) is 0 Å². The van der Waals surface area contributed by atoms with Gasteiger partial charge in [0.1, 0.15) is 17.0 Å². The number of aryl methyl sites for hydroxylation is 2. The largest absolute Gasteiger partial charge is 0.351 e. The first-order chi connectivity index (χ1) is 9.56. The molecule has 0 fully saturated rings. The molecule has 2 N–H and O–H groups in total. The van der Waals surface area contributed by atoms with E-state index < -0.39 is 5.54 Å². The molecule has 0 saturated carbocycles. The minimum absolute atomic E-state index is 0.0566. The predicted octanol–water partition coefficient (Wildman–Crippen LogP) is 2.26. The molecular formula is C15H18N4O. The highest BCUT2D eigenvalue weighted by Crippen LogP contribution is 2.38. The Morgan fingerprint density at radius 3 is 2.65 bits per heavy atom. The van der Waals surface area contributed by atoms with E-state index in [9.17, 15) is 4.79 Å². The number of nitrogens with one attached hydrogen (secondary N) is 2. The number of nitrogens with zero attached hydrogens (tertiary/aromatic N) is 2. The summed E-state index contributed by atoms with van der Waals surface area (Å²) < 4.78 is 1.79. The lowest BCUT2D eigenvalue weighted by Gasteiger charge is -2.35. The number of carbonyl (C=O) groups is 1. The molecule has 0 aliphatic carbocycles. The van der Waals surface area contributed by atoms with Gasteiger partial charge in [-0.2, -0.15) is 5.10 Å². The molecule has 1 aromatic carbocycles. The molecule has 5 heteroatoms. The number of aromatic nitrogens is 2. The SMILES string of the molecule is CCc1nn(C)c2c1NC(=O)C(C)(c1ccccc1)N2. The zero-order valence-corrected chi connectivity index (χ0v) is 11.9. The number of benzene rings is 1. The van der Waals surface area contributed by atoms with Crippen LogP contribution in [-0.2, 0) is 23.8 Å². The van der Waals surface area contributed by atoms with Gasteiger partial charge < -0.3 is 10.6 Å². The molecule has 1 atom stereocenters. The van der Waals surface area contributed by atoms with Crippen molar-refractivity contribution < 1.29 is 4.79 Å². The Labute approximate surface area is 118 Å². The summed E-state index contributed by atoms with van der Waals surface area (Å²) in [6.45, 7) is 3.92. The molecule has 0 spiro atoms. The monoisotopic (exact) mass is 270 g/mol. The van der Waals surface area contributed by atoms with Crippen LogP contribution in [0.4, 0.5) is 11.5 Å². The van der Waals surface area contributed by atoms with E-state index in [2.05, 4.69) is 15.7 Å². The van der Waals surface area contributed by atoms with Gasteiger partial charge in [-0.1, -0.05) is 37.3 Å². The van der Waals surface area contributed by atoms with Crippen molar-refractivity contribution in [3.05, 3.63) is 41.6 Å². The average Bonchev–Trinajstić information content (AvgIpc) is 2.76. The standard InChI is InChI=1S/C15H18N4O/c1-4-11-12-13(19(3)18-11)17-15(2,14(20)16-12)10-8-6-5-7-9-10/h5-9,17H,4H2,1-3H3,(H,16,20).